The first-order valence-corrected chi connectivity index (χ1v) is 12.1. The van der Waals surface area contributed by atoms with E-state index in [4.69, 9.17) is 37.3 Å². The van der Waals surface area contributed by atoms with Gasteiger partial charge in [0.15, 0.2) is 5.58 Å². The second-order valence-corrected chi connectivity index (χ2v) is 9.03. The number of ether oxygens (including phenoxy) is 1. The summed E-state index contributed by atoms with van der Waals surface area (Å²) in [4.78, 5) is 26.9. The van der Waals surface area contributed by atoms with Crippen LogP contribution in [0.3, 0.4) is 0 Å². The van der Waals surface area contributed by atoms with Crippen molar-refractivity contribution in [3.05, 3.63) is 57.8 Å². The molecule has 9 nitrogen and oxygen atoms in total. The lowest BCUT2D eigenvalue weighted by atomic mass is 10.00. The van der Waals surface area contributed by atoms with Gasteiger partial charge in [-0.2, -0.15) is 0 Å². The Balaban J connectivity index is 0.000000367. The number of carbonyl (C=O) groups is 1. The van der Waals surface area contributed by atoms with Gasteiger partial charge in [-0.15, -0.1) is 0 Å². The number of fused-ring (bicyclic) bond motifs is 1. The second-order valence-electron chi connectivity index (χ2n) is 8.62. The lowest BCUT2D eigenvalue weighted by Crippen LogP contribution is -2.26. The van der Waals surface area contributed by atoms with Gasteiger partial charge in [-0.3, -0.25) is 14.3 Å². The van der Waals surface area contributed by atoms with Crippen LogP contribution < -0.4 is 22.0 Å². The van der Waals surface area contributed by atoms with E-state index in [2.05, 4.69) is 18.8 Å². The molecule has 2 aromatic heterocycles. The smallest absolute Gasteiger partial charge is 0.419 e. The van der Waals surface area contributed by atoms with Crippen molar-refractivity contribution in [1.82, 2.24) is 9.55 Å². The molecule has 0 fully saturated rings. The standard InChI is InChI=1S/C17H15ClN2O5.C8H20N2/c1-10(12-4-2-3-6-19-12)24-14-9-15-13(8-11(14)18)20(17(23)25-15)7-5-16(21)22;1-7(2)8(10)5-3-4-6-9/h2-4,6,8-10H,5,7H2,1H3,(H,21,22);7-8H,3-6,9-10H2,1-2H3/t10-;8-/m10/s1. The van der Waals surface area contributed by atoms with Crippen molar-refractivity contribution < 1.29 is 19.1 Å². The van der Waals surface area contributed by atoms with Crippen molar-refractivity contribution in [3.8, 4) is 5.75 Å². The number of hydrogen-bond donors (Lipinski definition) is 3. The summed E-state index contributed by atoms with van der Waals surface area (Å²) < 4.78 is 12.2. The third-order valence-electron chi connectivity index (χ3n) is 5.53. The van der Waals surface area contributed by atoms with Crippen molar-refractivity contribution >= 4 is 28.7 Å². The molecule has 0 saturated carbocycles. The molecule has 0 saturated heterocycles. The number of rotatable bonds is 11. The minimum atomic E-state index is -1.00. The van der Waals surface area contributed by atoms with Crippen molar-refractivity contribution in [3.63, 3.8) is 0 Å². The van der Waals surface area contributed by atoms with Gasteiger partial charge in [0.1, 0.15) is 11.9 Å². The molecule has 0 unspecified atom stereocenters. The fraction of sp³-hybridized carbons (Fsp3) is 0.480. The molecule has 0 aliphatic rings. The molecule has 2 atom stereocenters. The Hall–Kier alpha value is -2.88. The number of aryl methyl sites for hydroxylation is 1. The minimum Gasteiger partial charge on any atom is -0.483 e. The Morgan fingerprint density at radius 3 is 2.60 bits per heavy atom. The van der Waals surface area contributed by atoms with E-state index >= 15 is 0 Å². The minimum absolute atomic E-state index is 0.00202. The van der Waals surface area contributed by atoms with Crippen LogP contribution in [0, 0.1) is 5.92 Å². The highest BCUT2D eigenvalue weighted by atomic mass is 35.5. The molecule has 0 radical (unpaired) electrons. The highest BCUT2D eigenvalue weighted by molar-refractivity contribution is 6.32. The summed E-state index contributed by atoms with van der Waals surface area (Å²) in [5, 5.41) is 9.08. The van der Waals surface area contributed by atoms with Crippen LogP contribution in [0.15, 0.2) is 45.7 Å². The highest BCUT2D eigenvalue weighted by Gasteiger charge is 2.17. The molecular formula is C25H35ClN4O5. The van der Waals surface area contributed by atoms with Crippen LogP contribution in [0.5, 0.6) is 5.75 Å². The number of hydrogen-bond acceptors (Lipinski definition) is 7. The van der Waals surface area contributed by atoms with Crippen LogP contribution in [-0.2, 0) is 11.3 Å². The molecule has 0 spiro atoms. The van der Waals surface area contributed by atoms with Gasteiger partial charge < -0.3 is 25.7 Å². The number of aromatic nitrogens is 2. The molecule has 192 valence electrons. The van der Waals surface area contributed by atoms with Crippen LogP contribution in [0.4, 0.5) is 0 Å². The number of oxazole rings is 1. The van der Waals surface area contributed by atoms with Crippen LogP contribution >= 0.6 is 11.6 Å². The molecule has 2 heterocycles. The quantitative estimate of drug-likeness (QED) is 0.325. The molecule has 0 amide bonds. The summed E-state index contributed by atoms with van der Waals surface area (Å²) in [6.07, 6.45) is 4.53. The normalized spacial score (nSPS) is 12.8. The van der Waals surface area contributed by atoms with Crippen LogP contribution in [0.25, 0.3) is 11.1 Å². The van der Waals surface area contributed by atoms with Gasteiger partial charge in [-0.25, -0.2) is 4.79 Å². The second kappa shape index (κ2) is 13.9. The summed E-state index contributed by atoms with van der Waals surface area (Å²) >= 11 is 6.26. The molecule has 35 heavy (non-hydrogen) atoms. The Bertz CT molecular complexity index is 1130. The van der Waals surface area contributed by atoms with E-state index in [0.717, 1.165) is 25.1 Å². The van der Waals surface area contributed by atoms with E-state index in [-0.39, 0.29) is 24.7 Å². The number of carboxylic acids is 1. The van der Waals surface area contributed by atoms with E-state index in [1.807, 2.05) is 25.1 Å². The predicted molar refractivity (Wildman–Crippen MR) is 137 cm³/mol. The maximum atomic E-state index is 11.9. The number of unbranched alkanes of at least 4 members (excludes halogenated alkanes) is 1. The maximum absolute atomic E-state index is 11.9. The van der Waals surface area contributed by atoms with Crippen molar-refractivity contribution in [2.45, 2.75) is 65.1 Å². The van der Waals surface area contributed by atoms with E-state index < -0.39 is 11.7 Å². The molecule has 5 N–H and O–H groups in total. The largest absolute Gasteiger partial charge is 0.483 e. The number of halogens is 1. The molecule has 3 aromatic rings. The van der Waals surface area contributed by atoms with Gasteiger partial charge in [0.05, 0.1) is 22.7 Å². The molecular weight excluding hydrogens is 472 g/mol. The average molecular weight is 507 g/mol. The van der Waals surface area contributed by atoms with Gasteiger partial charge in [0.2, 0.25) is 0 Å². The summed E-state index contributed by atoms with van der Waals surface area (Å²) in [5.74, 6) is -0.678. The first-order chi connectivity index (χ1) is 16.6. The van der Waals surface area contributed by atoms with Crippen LogP contribution in [0.2, 0.25) is 5.02 Å². The molecule has 1 aromatic carbocycles. The third kappa shape index (κ3) is 8.69. The van der Waals surface area contributed by atoms with Crippen LogP contribution in [-0.4, -0.2) is 33.2 Å². The summed E-state index contributed by atoms with van der Waals surface area (Å²) in [5.41, 5.74) is 12.6. The summed E-state index contributed by atoms with van der Waals surface area (Å²) in [7, 11) is 0. The Kier molecular flexibility index (Phi) is 11.2. The number of pyridine rings is 1. The number of carboxylic acid groups (broad SMARTS) is 1. The third-order valence-corrected chi connectivity index (χ3v) is 5.82. The molecule has 0 aliphatic heterocycles. The maximum Gasteiger partial charge on any atom is 0.419 e. The summed E-state index contributed by atoms with van der Waals surface area (Å²) in [6, 6.07) is 8.92. The van der Waals surface area contributed by atoms with E-state index in [0.29, 0.717) is 28.2 Å². The average Bonchev–Trinajstić information content (AvgIpc) is 3.12. The van der Waals surface area contributed by atoms with E-state index in [1.165, 1.54) is 23.1 Å². The number of nitrogens with zero attached hydrogens (tertiary/aromatic N) is 2. The topological polar surface area (TPSA) is 147 Å². The Morgan fingerprint density at radius 2 is 2.00 bits per heavy atom. The van der Waals surface area contributed by atoms with Gasteiger partial charge in [0.25, 0.3) is 0 Å². The zero-order valence-corrected chi connectivity index (χ0v) is 21.2. The SMILES string of the molecule is CC(C)[C@@H](N)CCCCN.C[C@@H](Oc1cc2oc(=O)n(CCC(=O)O)c2cc1Cl)c1ccccn1. The van der Waals surface area contributed by atoms with Gasteiger partial charge >= 0.3 is 11.7 Å². The fourth-order valence-electron chi connectivity index (χ4n) is 3.30. The van der Waals surface area contributed by atoms with E-state index in [1.54, 1.807) is 6.20 Å². The fourth-order valence-corrected chi connectivity index (χ4v) is 3.50. The lowest BCUT2D eigenvalue weighted by Gasteiger charge is -2.15. The number of benzene rings is 1. The summed E-state index contributed by atoms with van der Waals surface area (Å²) in [6.45, 7) is 6.95. The van der Waals surface area contributed by atoms with Gasteiger partial charge in [-0.05, 0) is 50.4 Å². The van der Waals surface area contributed by atoms with Crippen molar-refractivity contribution in [1.29, 1.82) is 0 Å². The Morgan fingerprint density at radius 1 is 1.26 bits per heavy atom. The predicted octanol–water partition coefficient (Wildman–Crippen LogP) is 4.36. The number of aliphatic carboxylic acids is 1. The molecule has 3 rings (SSSR count). The molecule has 0 bridgehead atoms. The zero-order chi connectivity index (χ0) is 26.0. The zero-order valence-electron chi connectivity index (χ0n) is 20.4. The lowest BCUT2D eigenvalue weighted by molar-refractivity contribution is -0.137. The van der Waals surface area contributed by atoms with Gasteiger partial charge in [0, 0.05) is 24.8 Å². The van der Waals surface area contributed by atoms with E-state index in [9.17, 15) is 9.59 Å². The first-order valence-electron chi connectivity index (χ1n) is 11.7. The van der Waals surface area contributed by atoms with Crippen LogP contribution in [0.1, 0.15) is 58.3 Å². The number of nitrogens with two attached hydrogens (primary N) is 2. The molecule has 10 heteroatoms. The van der Waals surface area contributed by atoms with Crippen molar-refractivity contribution in [2.75, 3.05) is 6.54 Å². The van der Waals surface area contributed by atoms with Gasteiger partial charge in [-0.1, -0.05) is 37.9 Å². The molecule has 0 aliphatic carbocycles. The monoisotopic (exact) mass is 506 g/mol. The first kappa shape index (κ1) is 28.4. The Labute approximate surface area is 210 Å². The highest BCUT2D eigenvalue weighted by Crippen LogP contribution is 2.32. The van der Waals surface area contributed by atoms with Crippen molar-refractivity contribution in [2.24, 2.45) is 17.4 Å².